The van der Waals surface area contributed by atoms with Gasteiger partial charge < -0.3 is 9.31 Å². The average Bonchev–Trinajstić information content (AvgIpc) is 3.36. The fraction of sp³-hybridized carbons (Fsp3) is 0.231. The highest BCUT2D eigenvalue weighted by Crippen LogP contribution is 2.50. The van der Waals surface area contributed by atoms with Gasteiger partial charge in [0.25, 0.3) is 0 Å². The first-order valence-electron chi connectivity index (χ1n) is 14.9. The molecule has 3 heteroatoms. The van der Waals surface area contributed by atoms with Crippen LogP contribution in [0.5, 0.6) is 0 Å². The molecule has 7 rings (SSSR count). The van der Waals surface area contributed by atoms with Crippen molar-refractivity contribution in [1.82, 2.24) is 0 Å². The Bertz CT molecular complexity index is 1790. The Kier molecular flexibility index (Phi) is 6.13. The lowest BCUT2D eigenvalue weighted by molar-refractivity contribution is 0.00578. The highest BCUT2D eigenvalue weighted by Gasteiger charge is 2.51. The van der Waals surface area contributed by atoms with Crippen LogP contribution in [0.2, 0.25) is 0 Å². The summed E-state index contributed by atoms with van der Waals surface area (Å²) in [5.41, 5.74) is 12.7. The summed E-state index contributed by atoms with van der Waals surface area (Å²) in [7, 11) is -0.427. The number of rotatable bonds is 4. The van der Waals surface area contributed by atoms with Gasteiger partial charge in [-0.15, -0.1) is 0 Å². The van der Waals surface area contributed by atoms with Gasteiger partial charge in [-0.05, 0) is 107 Å². The van der Waals surface area contributed by atoms with E-state index in [-0.39, 0.29) is 5.41 Å². The van der Waals surface area contributed by atoms with Gasteiger partial charge in [0.2, 0.25) is 0 Å². The highest BCUT2D eigenvalue weighted by molar-refractivity contribution is 6.62. The van der Waals surface area contributed by atoms with Gasteiger partial charge in [0.05, 0.1) is 11.2 Å². The molecule has 2 nitrogen and oxygen atoms in total. The van der Waals surface area contributed by atoms with Gasteiger partial charge in [0, 0.05) is 5.41 Å². The molecule has 0 amide bonds. The van der Waals surface area contributed by atoms with Crippen LogP contribution in [0.1, 0.15) is 52.7 Å². The van der Waals surface area contributed by atoms with Gasteiger partial charge in [0.15, 0.2) is 0 Å². The second kappa shape index (κ2) is 9.56. The molecule has 1 aliphatic carbocycles. The third-order valence-electron chi connectivity index (χ3n) is 9.70. The van der Waals surface area contributed by atoms with Gasteiger partial charge in [-0.3, -0.25) is 0 Å². The number of fused-ring (bicyclic) bond motifs is 3. The monoisotopic (exact) mass is 548 g/mol. The van der Waals surface area contributed by atoms with Crippen molar-refractivity contribution in [2.24, 2.45) is 0 Å². The summed E-state index contributed by atoms with van der Waals surface area (Å²) in [6.45, 7) is 13.1. The van der Waals surface area contributed by atoms with E-state index in [0.29, 0.717) is 0 Å². The van der Waals surface area contributed by atoms with Crippen molar-refractivity contribution < 1.29 is 9.31 Å². The molecule has 0 saturated carbocycles. The van der Waals surface area contributed by atoms with Gasteiger partial charge in [0.1, 0.15) is 0 Å². The normalized spacial score (nSPS) is 17.6. The van der Waals surface area contributed by atoms with Crippen LogP contribution in [-0.2, 0) is 14.7 Å². The number of hydrogen-bond acceptors (Lipinski definition) is 2. The van der Waals surface area contributed by atoms with Crippen LogP contribution in [0.3, 0.4) is 0 Å². The Labute approximate surface area is 250 Å². The molecule has 0 bridgehead atoms. The maximum absolute atomic E-state index is 6.51. The summed E-state index contributed by atoms with van der Waals surface area (Å²) in [4.78, 5) is 0. The number of hydrogen-bond donors (Lipinski definition) is 0. The van der Waals surface area contributed by atoms with Crippen LogP contribution in [0.4, 0.5) is 0 Å². The summed E-state index contributed by atoms with van der Waals surface area (Å²) < 4.78 is 13.0. The molecule has 1 saturated heterocycles. The molecule has 5 aromatic rings. The summed E-state index contributed by atoms with van der Waals surface area (Å²) in [6.07, 6.45) is 0. The van der Waals surface area contributed by atoms with E-state index in [2.05, 4.69) is 157 Å². The fourth-order valence-electron chi connectivity index (χ4n) is 6.46. The zero-order valence-electron chi connectivity index (χ0n) is 25.4. The van der Waals surface area contributed by atoms with E-state index >= 15 is 0 Å². The second-order valence-electron chi connectivity index (χ2n) is 13.3. The molecular weight excluding hydrogens is 511 g/mol. The minimum Gasteiger partial charge on any atom is -0.399 e. The van der Waals surface area contributed by atoms with E-state index in [4.69, 9.17) is 9.31 Å². The molecule has 0 unspecified atom stereocenters. The Morgan fingerprint density at radius 3 is 1.36 bits per heavy atom. The second-order valence-corrected chi connectivity index (χ2v) is 13.3. The van der Waals surface area contributed by atoms with Crippen LogP contribution in [0, 0.1) is 0 Å². The van der Waals surface area contributed by atoms with Gasteiger partial charge in [-0.1, -0.05) is 111 Å². The van der Waals surface area contributed by atoms with Crippen LogP contribution in [-0.4, -0.2) is 18.3 Å². The van der Waals surface area contributed by atoms with Crippen molar-refractivity contribution in [2.45, 2.75) is 58.2 Å². The lowest BCUT2D eigenvalue weighted by Gasteiger charge is -2.32. The van der Waals surface area contributed by atoms with E-state index in [1.165, 1.54) is 50.1 Å². The molecule has 208 valence electrons. The van der Waals surface area contributed by atoms with Crippen LogP contribution in [0.15, 0.2) is 115 Å². The largest absolute Gasteiger partial charge is 0.494 e. The Hall–Kier alpha value is -3.92. The first kappa shape index (κ1) is 27.0. The van der Waals surface area contributed by atoms with Crippen LogP contribution in [0.25, 0.3) is 44.5 Å². The Morgan fingerprint density at radius 2 is 0.857 bits per heavy atom. The third-order valence-corrected chi connectivity index (χ3v) is 9.70. The molecule has 0 atom stereocenters. The Morgan fingerprint density at radius 1 is 0.429 bits per heavy atom. The lowest BCUT2D eigenvalue weighted by Crippen LogP contribution is -2.41. The molecule has 42 heavy (non-hydrogen) atoms. The van der Waals surface area contributed by atoms with E-state index in [1.54, 1.807) is 0 Å². The molecule has 0 spiro atoms. The lowest BCUT2D eigenvalue weighted by atomic mass is 9.76. The molecule has 0 radical (unpaired) electrons. The van der Waals surface area contributed by atoms with Crippen molar-refractivity contribution >= 4 is 12.6 Å². The van der Waals surface area contributed by atoms with E-state index < -0.39 is 18.3 Å². The minimum atomic E-state index is -0.427. The molecule has 1 heterocycles. The maximum atomic E-state index is 6.51. The van der Waals surface area contributed by atoms with Gasteiger partial charge in [-0.25, -0.2) is 0 Å². The third kappa shape index (κ3) is 4.35. The molecule has 0 N–H and O–H groups in total. The van der Waals surface area contributed by atoms with E-state index in [0.717, 1.165) is 11.0 Å². The zero-order valence-corrected chi connectivity index (χ0v) is 25.4. The highest BCUT2D eigenvalue weighted by atomic mass is 16.7. The Balaban J connectivity index is 1.33. The SMILES string of the molecule is CC1(C)c2cc(-c3ccccc3)ccc2-c2ccc(-c3cc(B4OC(C)(C)C(C)(C)O4)cc(-c4ccccc4)c3)cc21. The molecule has 0 aromatic heterocycles. The molecule has 1 aliphatic heterocycles. The summed E-state index contributed by atoms with van der Waals surface area (Å²) in [6, 6.07) is 41.9. The van der Waals surface area contributed by atoms with Crippen LogP contribution < -0.4 is 5.46 Å². The van der Waals surface area contributed by atoms with E-state index in [1.807, 2.05) is 0 Å². The van der Waals surface area contributed by atoms with Crippen LogP contribution >= 0.6 is 0 Å². The summed E-state index contributed by atoms with van der Waals surface area (Å²) in [5.74, 6) is 0. The molecular formula is C39H37BO2. The first-order valence-corrected chi connectivity index (χ1v) is 14.9. The zero-order chi connectivity index (χ0) is 29.3. The summed E-state index contributed by atoms with van der Waals surface area (Å²) in [5, 5.41) is 0. The topological polar surface area (TPSA) is 18.5 Å². The van der Waals surface area contributed by atoms with Crippen molar-refractivity contribution in [3.8, 4) is 44.5 Å². The predicted molar refractivity (Wildman–Crippen MR) is 176 cm³/mol. The maximum Gasteiger partial charge on any atom is 0.494 e. The molecule has 5 aromatic carbocycles. The quantitative estimate of drug-likeness (QED) is 0.208. The van der Waals surface area contributed by atoms with Gasteiger partial charge in [-0.2, -0.15) is 0 Å². The van der Waals surface area contributed by atoms with Crippen molar-refractivity contribution in [1.29, 1.82) is 0 Å². The van der Waals surface area contributed by atoms with Gasteiger partial charge >= 0.3 is 7.12 Å². The standard InChI is InChI=1S/C39H37BO2/c1-37(2)35-24-28(26-13-9-7-10-14-26)17-19-33(35)34-20-18-29(25-36(34)37)31-21-30(27-15-11-8-12-16-27)22-32(23-31)40-41-38(3,4)39(5,6)42-40/h7-25H,1-6H3. The minimum absolute atomic E-state index is 0.114. The smallest absolute Gasteiger partial charge is 0.399 e. The van der Waals surface area contributed by atoms with E-state index in [9.17, 15) is 0 Å². The fourth-order valence-corrected chi connectivity index (χ4v) is 6.46. The number of benzene rings is 5. The predicted octanol–water partition coefficient (Wildman–Crippen LogP) is 9.29. The average molecular weight is 549 g/mol. The van der Waals surface area contributed by atoms with Crippen molar-refractivity contribution in [3.05, 3.63) is 126 Å². The first-order chi connectivity index (χ1) is 20.0. The molecule has 1 fully saturated rings. The summed E-state index contributed by atoms with van der Waals surface area (Å²) >= 11 is 0. The molecule has 2 aliphatic rings. The van der Waals surface area contributed by atoms with Crippen molar-refractivity contribution in [3.63, 3.8) is 0 Å². The van der Waals surface area contributed by atoms with Crippen molar-refractivity contribution in [2.75, 3.05) is 0 Å².